The summed E-state index contributed by atoms with van der Waals surface area (Å²) in [7, 11) is -2.04. The van der Waals surface area contributed by atoms with Crippen molar-refractivity contribution in [3.8, 4) is 17.1 Å². The number of nitrogens with zero attached hydrogens (tertiary/aromatic N) is 2. The summed E-state index contributed by atoms with van der Waals surface area (Å²) < 4.78 is 37.9. The van der Waals surface area contributed by atoms with E-state index in [1.165, 1.54) is 7.11 Å². The van der Waals surface area contributed by atoms with Crippen molar-refractivity contribution in [1.82, 2.24) is 10.3 Å². The second-order valence-electron chi connectivity index (χ2n) is 8.56. The third-order valence-corrected chi connectivity index (χ3v) is 7.72. The first-order chi connectivity index (χ1) is 18.2. The molecule has 38 heavy (non-hydrogen) atoms. The van der Waals surface area contributed by atoms with E-state index < -0.39 is 16.1 Å². The number of benzene rings is 2. The lowest BCUT2D eigenvalue weighted by molar-refractivity contribution is 0.416. The van der Waals surface area contributed by atoms with Crippen molar-refractivity contribution >= 4 is 61.9 Å². The van der Waals surface area contributed by atoms with Crippen molar-refractivity contribution in [3.63, 3.8) is 0 Å². The van der Waals surface area contributed by atoms with E-state index in [2.05, 4.69) is 15.0 Å². The Labute approximate surface area is 235 Å². The van der Waals surface area contributed by atoms with Gasteiger partial charge in [0.25, 0.3) is 0 Å². The smallest absolute Gasteiger partial charge is 0.229 e. The zero-order chi connectivity index (χ0) is 27.0. The maximum Gasteiger partial charge on any atom is 0.229 e. The minimum absolute atomic E-state index is 0.311. The van der Waals surface area contributed by atoms with Gasteiger partial charge < -0.3 is 19.4 Å². The van der Waals surface area contributed by atoms with E-state index in [1.54, 1.807) is 36.5 Å². The van der Waals surface area contributed by atoms with Gasteiger partial charge in [0.1, 0.15) is 23.3 Å². The van der Waals surface area contributed by atoms with Crippen LogP contribution in [0.2, 0.25) is 10.0 Å². The van der Waals surface area contributed by atoms with Gasteiger partial charge in [0.05, 0.1) is 40.8 Å². The number of aromatic nitrogens is 1. The zero-order valence-electron chi connectivity index (χ0n) is 20.2. The first-order valence-corrected chi connectivity index (χ1v) is 14.4. The van der Waals surface area contributed by atoms with E-state index >= 15 is 0 Å². The molecule has 0 radical (unpaired) electrons. The van der Waals surface area contributed by atoms with Crippen LogP contribution in [0.15, 0.2) is 77.3 Å². The summed E-state index contributed by atoms with van der Waals surface area (Å²) >= 11 is 18.5. The van der Waals surface area contributed by atoms with Crippen molar-refractivity contribution < 1.29 is 17.6 Å². The summed E-state index contributed by atoms with van der Waals surface area (Å²) in [5.41, 5.74) is 2.41. The van der Waals surface area contributed by atoms with Crippen LogP contribution in [0.4, 0.5) is 11.4 Å². The predicted molar refractivity (Wildman–Crippen MR) is 154 cm³/mol. The molecule has 12 heteroatoms. The molecule has 0 unspecified atom stereocenters. The van der Waals surface area contributed by atoms with E-state index in [9.17, 15) is 8.42 Å². The molecular weight excluding hydrogens is 567 g/mol. The molecule has 1 aliphatic rings. The number of hydrogen-bond acceptors (Lipinski definition) is 6. The summed E-state index contributed by atoms with van der Waals surface area (Å²) in [4.78, 5) is 6.44. The summed E-state index contributed by atoms with van der Waals surface area (Å²) in [6, 6.07) is 19.0. The first-order valence-electron chi connectivity index (χ1n) is 11.4. The van der Waals surface area contributed by atoms with Crippen LogP contribution in [0.25, 0.3) is 11.3 Å². The number of thiocarbonyl (C=S) groups is 1. The fourth-order valence-corrected chi connectivity index (χ4v) is 5.69. The molecule has 2 aromatic heterocycles. The third kappa shape index (κ3) is 5.17. The Kier molecular flexibility index (Phi) is 7.23. The van der Waals surface area contributed by atoms with E-state index in [1.807, 2.05) is 41.3 Å². The number of halogens is 2. The molecule has 2 aromatic carbocycles. The van der Waals surface area contributed by atoms with Gasteiger partial charge in [-0.2, -0.15) is 0 Å². The fraction of sp³-hybridized carbons (Fsp3) is 0.154. The molecule has 2 N–H and O–H groups in total. The summed E-state index contributed by atoms with van der Waals surface area (Å²) in [5.74, 6) is 1.49. The van der Waals surface area contributed by atoms with Gasteiger partial charge in [-0.3, -0.25) is 9.71 Å². The van der Waals surface area contributed by atoms with Crippen LogP contribution in [0, 0.1) is 0 Å². The molecule has 1 saturated heterocycles. The number of hydrogen-bond donors (Lipinski definition) is 2. The minimum atomic E-state index is -3.51. The number of sulfonamides is 1. The molecule has 1 fully saturated rings. The Morgan fingerprint density at radius 3 is 2.63 bits per heavy atom. The highest BCUT2D eigenvalue weighted by Gasteiger charge is 2.43. The topological polar surface area (TPSA) is 96.7 Å². The summed E-state index contributed by atoms with van der Waals surface area (Å²) in [6.45, 7) is 0. The SMILES string of the molecule is COc1cc(N2C(=S)N[C@H](c3ccccn3)[C@@H]2c2ccc(-c3cccc(Cl)c3Cl)o2)ccc1NS(C)(=O)=O. The monoisotopic (exact) mass is 588 g/mol. The van der Waals surface area contributed by atoms with Gasteiger partial charge in [0, 0.05) is 23.5 Å². The van der Waals surface area contributed by atoms with Gasteiger partial charge in [-0.25, -0.2) is 8.42 Å². The number of pyridine rings is 1. The lowest BCUT2D eigenvalue weighted by Crippen LogP contribution is -2.29. The minimum Gasteiger partial charge on any atom is -0.494 e. The van der Waals surface area contributed by atoms with Gasteiger partial charge in [-0.1, -0.05) is 35.3 Å². The highest BCUT2D eigenvalue weighted by Crippen LogP contribution is 2.45. The molecule has 0 aliphatic carbocycles. The van der Waals surface area contributed by atoms with E-state index in [0.717, 1.165) is 11.9 Å². The Bertz CT molecular complexity index is 1610. The van der Waals surface area contributed by atoms with E-state index in [4.69, 9.17) is 44.6 Å². The molecule has 2 atom stereocenters. The molecule has 0 spiro atoms. The van der Waals surface area contributed by atoms with Gasteiger partial charge in [0.15, 0.2) is 5.11 Å². The average molecular weight is 590 g/mol. The molecule has 196 valence electrons. The van der Waals surface area contributed by atoms with E-state index in [0.29, 0.717) is 49.4 Å². The largest absolute Gasteiger partial charge is 0.494 e. The second kappa shape index (κ2) is 10.5. The number of furan rings is 1. The molecule has 8 nitrogen and oxygen atoms in total. The van der Waals surface area contributed by atoms with Gasteiger partial charge in [0.2, 0.25) is 10.0 Å². The molecule has 5 rings (SSSR count). The average Bonchev–Trinajstić information content (AvgIpc) is 3.50. The van der Waals surface area contributed by atoms with Crippen LogP contribution in [-0.2, 0) is 10.0 Å². The summed E-state index contributed by atoms with van der Waals surface area (Å²) in [6.07, 6.45) is 2.79. The lowest BCUT2D eigenvalue weighted by Gasteiger charge is -2.27. The standard InChI is InChI=1S/C26H22Cl2N4O4S2/c1-35-22-14-15(9-10-18(22)31-38(2,33)34)32-25(24(30-26(32)37)19-8-3-4-13-29-19)21-12-11-20(36-21)16-6-5-7-17(27)23(16)28/h3-14,24-25,31H,1-2H3,(H,30,37)/t24-,25+/m1/s1. The van der Waals surface area contributed by atoms with E-state index in [-0.39, 0.29) is 6.04 Å². The predicted octanol–water partition coefficient (Wildman–Crippen LogP) is 6.21. The van der Waals surface area contributed by atoms with Crippen LogP contribution in [-0.4, -0.2) is 31.9 Å². The van der Waals surface area contributed by atoms with Crippen LogP contribution < -0.4 is 19.7 Å². The molecule has 3 heterocycles. The van der Waals surface area contributed by atoms with Gasteiger partial charge >= 0.3 is 0 Å². The maximum absolute atomic E-state index is 11.8. The highest BCUT2D eigenvalue weighted by molar-refractivity contribution is 7.92. The molecule has 0 amide bonds. The first kappa shape index (κ1) is 26.3. The van der Waals surface area contributed by atoms with Crippen molar-refractivity contribution in [3.05, 3.63) is 94.4 Å². The molecule has 4 aromatic rings. The van der Waals surface area contributed by atoms with Crippen LogP contribution >= 0.6 is 35.4 Å². The number of ether oxygens (including phenoxy) is 1. The number of nitrogens with one attached hydrogen (secondary N) is 2. The quantitative estimate of drug-likeness (QED) is 0.246. The third-order valence-electron chi connectivity index (χ3n) is 5.99. The molecular formula is C26H22Cl2N4O4S2. The van der Waals surface area contributed by atoms with Crippen molar-refractivity contribution in [2.75, 3.05) is 23.0 Å². The number of methoxy groups -OCH3 is 1. The fourth-order valence-electron chi connectivity index (χ4n) is 4.39. The Balaban J connectivity index is 1.61. The molecule has 0 saturated carbocycles. The summed E-state index contributed by atoms with van der Waals surface area (Å²) in [5, 5.41) is 4.62. The van der Waals surface area contributed by atoms with Gasteiger partial charge in [-0.15, -0.1) is 0 Å². The normalized spacial score (nSPS) is 17.4. The number of anilines is 2. The van der Waals surface area contributed by atoms with Crippen LogP contribution in [0.1, 0.15) is 23.5 Å². The zero-order valence-corrected chi connectivity index (χ0v) is 23.3. The van der Waals surface area contributed by atoms with Crippen LogP contribution in [0.5, 0.6) is 5.75 Å². The molecule has 0 bridgehead atoms. The maximum atomic E-state index is 11.8. The van der Waals surface area contributed by atoms with Crippen LogP contribution in [0.3, 0.4) is 0 Å². The van der Waals surface area contributed by atoms with Crippen molar-refractivity contribution in [1.29, 1.82) is 0 Å². The van der Waals surface area contributed by atoms with Gasteiger partial charge in [-0.05, 0) is 60.7 Å². The Morgan fingerprint density at radius 1 is 1.11 bits per heavy atom. The molecule has 1 aliphatic heterocycles. The Morgan fingerprint density at radius 2 is 1.92 bits per heavy atom. The highest BCUT2D eigenvalue weighted by atomic mass is 35.5. The van der Waals surface area contributed by atoms with Crippen molar-refractivity contribution in [2.45, 2.75) is 12.1 Å². The Hall–Kier alpha value is -3.31. The number of rotatable bonds is 7. The lowest BCUT2D eigenvalue weighted by atomic mass is 10.0. The van der Waals surface area contributed by atoms with Crippen molar-refractivity contribution in [2.24, 2.45) is 0 Å². The second-order valence-corrected chi connectivity index (χ2v) is 11.5.